The average molecular weight is 301 g/mol. The van der Waals surface area contributed by atoms with Crippen molar-refractivity contribution in [3.05, 3.63) is 22.2 Å². The molecule has 2 rings (SSSR count). The maximum absolute atomic E-state index is 9.93. The molecule has 1 saturated heterocycles. The summed E-state index contributed by atoms with van der Waals surface area (Å²) in [4.78, 5) is 2.17. The van der Waals surface area contributed by atoms with Crippen LogP contribution in [0.3, 0.4) is 0 Å². The smallest absolute Gasteiger partial charge is 0.162 e. The molecule has 4 N–H and O–H groups in total. The molecule has 0 saturated carbocycles. The number of benzene rings is 1. The number of aromatic hydroxyl groups is 2. The first-order valence-corrected chi connectivity index (χ1v) is 6.44. The van der Waals surface area contributed by atoms with Crippen LogP contribution in [0.2, 0.25) is 0 Å². The van der Waals surface area contributed by atoms with Crippen LogP contribution in [-0.2, 0) is 0 Å². The molecule has 1 fully saturated rings. The molecule has 1 aromatic rings. The SMILES string of the molecule is CN1CC(CN)CC1c1cc(Br)cc(O)c1O. The minimum absolute atomic E-state index is 0.0253. The molecule has 0 amide bonds. The summed E-state index contributed by atoms with van der Waals surface area (Å²) in [6.45, 7) is 1.58. The standard InChI is InChI=1S/C12H17BrN2O2/c1-15-6-7(5-14)2-10(15)9-3-8(13)4-11(16)12(9)17/h3-4,7,10,16-17H,2,5-6,14H2,1H3. The predicted octanol–water partition coefficient (Wildman–Crippen LogP) is 1.81. The summed E-state index contributed by atoms with van der Waals surface area (Å²) in [5.41, 5.74) is 6.45. The van der Waals surface area contributed by atoms with Gasteiger partial charge in [-0.15, -0.1) is 0 Å². The summed E-state index contributed by atoms with van der Waals surface area (Å²) in [5.74, 6) is 0.340. The fourth-order valence-corrected chi connectivity index (χ4v) is 2.96. The number of phenolic OH excluding ortho intramolecular Hbond substituents is 2. The number of phenols is 2. The quantitative estimate of drug-likeness (QED) is 0.729. The number of halogens is 1. The van der Waals surface area contributed by atoms with Crippen LogP contribution in [-0.4, -0.2) is 35.3 Å². The Labute approximate surface area is 109 Å². The van der Waals surface area contributed by atoms with E-state index in [0.717, 1.165) is 23.0 Å². The van der Waals surface area contributed by atoms with E-state index in [4.69, 9.17) is 5.73 Å². The van der Waals surface area contributed by atoms with Gasteiger partial charge in [0.2, 0.25) is 0 Å². The summed E-state index contributed by atoms with van der Waals surface area (Å²) >= 11 is 3.33. The van der Waals surface area contributed by atoms with Crippen LogP contribution in [0.5, 0.6) is 11.5 Å². The second-order valence-corrected chi connectivity index (χ2v) is 5.57. The van der Waals surface area contributed by atoms with E-state index in [-0.39, 0.29) is 17.5 Å². The highest BCUT2D eigenvalue weighted by Gasteiger charge is 2.32. The zero-order valence-electron chi connectivity index (χ0n) is 9.73. The maximum Gasteiger partial charge on any atom is 0.162 e. The Bertz CT molecular complexity index is 425. The van der Waals surface area contributed by atoms with Crippen molar-refractivity contribution in [1.29, 1.82) is 0 Å². The Morgan fingerprint density at radius 3 is 2.76 bits per heavy atom. The van der Waals surface area contributed by atoms with E-state index in [0.29, 0.717) is 12.5 Å². The Morgan fingerprint density at radius 2 is 2.18 bits per heavy atom. The molecule has 0 aromatic heterocycles. The third-order valence-corrected chi connectivity index (χ3v) is 3.87. The number of hydrogen-bond acceptors (Lipinski definition) is 4. The van der Waals surface area contributed by atoms with E-state index in [9.17, 15) is 10.2 Å². The van der Waals surface area contributed by atoms with Crippen molar-refractivity contribution in [2.75, 3.05) is 20.1 Å². The van der Waals surface area contributed by atoms with Crippen LogP contribution in [0.4, 0.5) is 0 Å². The van der Waals surface area contributed by atoms with Gasteiger partial charge in [0, 0.05) is 22.6 Å². The summed E-state index contributed by atoms with van der Waals surface area (Å²) in [6, 6.07) is 3.47. The Hall–Kier alpha value is -0.780. The van der Waals surface area contributed by atoms with Gasteiger partial charge in [0.1, 0.15) is 0 Å². The first-order valence-electron chi connectivity index (χ1n) is 5.64. The van der Waals surface area contributed by atoms with Crippen molar-refractivity contribution in [3.8, 4) is 11.5 Å². The van der Waals surface area contributed by atoms with E-state index in [2.05, 4.69) is 20.8 Å². The molecule has 0 bridgehead atoms. The topological polar surface area (TPSA) is 69.7 Å². The molecule has 0 spiro atoms. The lowest BCUT2D eigenvalue weighted by Crippen LogP contribution is -2.20. The van der Waals surface area contributed by atoms with Crippen LogP contribution < -0.4 is 5.73 Å². The zero-order chi connectivity index (χ0) is 12.6. The predicted molar refractivity (Wildman–Crippen MR) is 70.0 cm³/mol. The molecular weight excluding hydrogens is 284 g/mol. The van der Waals surface area contributed by atoms with Crippen molar-refractivity contribution in [2.24, 2.45) is 11.7 Å². The van der Waals surface area contributed by atoms with E-state index >= 15 is 0 Å². The number of nitrogens with two attached hydrogens (primary N) is 1. The zero-order valence-corrected chi connectivity index (χ0v) is 11.3. The monoisotopic (exact) mass is 300 g/mol. The molecule has 2 unspecified atom stereocenters. The fourth-order valence-electron chi connectivity index (χ4n) is 2.50. The van der Waals surface area contributed by atoms with E-state index in [1.54, 1.807) is 0 Å². The number of hydrogen-bond donors (Lipinski definition) is 3. The van der Waals surface area contributed by atoms with Crippen LogP contribution in [0, 0.1) is 5.92 Å². The summed E-state index contributed by atoms with van der Waals surface area (Å²) in [6.07, 6.45) is 0.913. The molecule has 17 heavy (non-hydrogen) atoms. The molecule has 94 valence electrons. The van der Waals surface area contributed by atoms with Crippen LogP contribution in [0.15, 0.2) is 16.6 Å². The highest BCUT2D eigenvalue weighted by atomic mass is 79.9. The minimum Gasteiger partial charge on any atom is -0.504 e. The fraction of sp³-hybridized carbons (Fsp3) is 0.500. The lowest BCUT2D eigenvalue weighted by atomic mass is 9.99. The lowest BCUT2D eigenvalue weighted by Gasteiger charge is -2.21. The van der Waals surface area contributed by atoms with E-state index < -0.39 is 0 Å². The molecule has 5 heteroatoms. The average Bonchev–Trinajstić information content (AvgIpc) is 2.65. The second-order valence-electron chi connectivity index (χ2n) is 4.66. The van der Waals surface area contributed by atoms with E-state index in [1.165, 1.54) is 6.07 Å². The van der Waals surface area contributed by atoms with Crippen molar-refractivity contribution in [2.45, 2.75) is 12.5 Å². The van der Waals surface area contributed by atoms with Gasteiger partial charge in [-0.2, -0.15) is 0 Å². The molecule has 1 aliphatic heterocycles. The van der Waals surface area contributed by atoms with Gasteiger partial charge in [0.15, 0.2) is 11.5 Å². The van der Waals surface area contributed by atoms with Gasteiger partial charge >= 0.3 is 0 Å². The van der Waals surface area contributed by atoms with Crippen LogP contribution in [0.25, 0.3) is 0 Å². The molecule has 1 aromatic carbocycles. The Kier molecular flexibility index (Phi) is 3.61. The number of rotatable bonds is 2. The number of likely N-dealkylation sites (tertiary alicyclic amines) is 1. The van der Waals surface area contributed by atoms with Crippen molar-refractivity contribution in [1.82, 2.24) is 4.90 Å². The normalized spacial score (nSPS) is 25.4. The number of nitrogens with zero attached hydrogens (tertiary/aromatic N) is 1. The molecule has 1 heterocycles. The minimum atomic E-state index is -0.0843. The first kappa shape index (κ1) is 12.7. The maximum atomic E-state index is 9.93. The van der Waals surface area contributed by atoms with Gasteiger partial charge in [0.25, 0.3) is 0 Å². The highest BCUT2D eigenvalue weighted by Crippen LogP contribution is 2.42. The largest absolute Gasteiger partial charge is 0.504 e. The van der Waals surface area contributed by atoms with Gasteiger partial charge < -0.3 is 15.9 Å². The first-order chi connectivity index (χ1) is 8.02. The third-order valence-electron chi connectivity index (χ3n) is 3.41. The molecule has 2 atom stereocenters. The van der Waals surface area contributed by atoms with Crippen molar-refractivity contribution >= 4 is 15.9 Å². The van der Waals surface area contributed by atoms with Crippen molar-refractivity contribution in [3.63, 3.8) is 0 Å². The lowest BCUT2D eigenvalue weighted by molar-refractivity contribution is 0.302. The van der Waals surface area contributed by atoms with Crippen LogP contribution in [0.1, 0.15) is 18.0 Å². The summed E-state index contributed by atoms with van der Waals surface area (Å²) < 4.78 is 0.771. The highest BCUT2D eigenvalue weighted by molar-refractivity contribution is 9.10. The van der Waals surface area contributed by atoms with Gasteiger partial charge in [0.05, 0.1) is 0 Å². The van der Waals surface area contributed by atoms with Crippen LogP contribution >= 0.6 is 15.9 Å². The molecule has 1 aliphatic rings. The second kappa shape index (κ2) is 4.84. The molecule has 0 radical (unpaired) electrons. The molecule has 0 aliphatic carbocycles. The van der Waals surface area contributed by atoms with Gasteiger partial charge in [-0.3, -0.25) is 4.90 Å². The third kappa shape index (κ3) is 2.41. The van der Waals surface area contributed by atoms with Gasteiger partial charge in [-0.05, 0) is 38.1 Å². The molecular formula is C12H17BrN2O2. The van der Waals surface area contributed by atoms with Gasteiger partial charge in [-0.25, -0.2) is 0 Å². The Balaban J connectivity index is 2.34. The van der Waals surface area contributed by atoms with Crippen molar-refractivity contribution < 1.29 is 10.2 Å². The summed E-state index contributed by atoms with van der Waals surface area (Å²) in [5, 5.41) is 19.6. The summed E-state index contributed by atoms with van der Waals surface area (Å²) in [7, 11) is 2.01. The Morgan fingerprint density at radius 1 is 1.47 bits per heavy atom. The molecule has 4 nitrogen and oxygen atoms in total. The van der Waals surface area contributed by atoms with E-state index in [1.807, 2.05) is 13.1 Å². The van der Waals surface area contributed by atoms with Gasteiger partial charge in [-0.1, -0.05) is 15.9 Å².